The Bertz CT molecular complexity index is 1520. The van der Waals surface area contributed by atoms with E-state index in [9.17, 15) is 9.59 Å². The number of pyridine rings is 1. The zero-order chi connectivity index (χ0) is 22.8. The highest BCUT2D eigenvalue weighted by Gasteiger charge is 2.22. The van der Waals surface area contributed by atoms with Gasteiger partial charge in [0, 0.05) is 28.8 Å². The maximum atomic E-state index is 13.4. The zero-order valence-electron chi connectivity index (χ0n) is 16.9. The number of nitrogens with zero attached hydrogens (tertiary/aromatic N) is 6. The van der Waals surface area contributed by atoms with Crippen molar-refractivity contribution in [3.8, 4) is 5.69 Å². The molecule has 10 nitrogen and oxygen atoms in total. The number of benzene rings is 2. The highest BCUT2D eigenvalue weighted by atomic mass is 35.5. The van der Waals surface area contributed by atoms with Crippen LogP contribution in [-0.2, 0) is 0 Å². The summed E-state index contributed by atoms with van der Waals surface area (Å²) in [5.41, 5.74) is 1.13. The number of carbonyl (C=O) groups is 1. The fourth-order valence-electron chi connectivity index (χ4n) is 3.19. The average molecular weight is 459 g/mol. The maximum absolute atomic E-state index is 13.4. The molecule has 0 fully saturated rings. The molecule has 0 radical (unpaired) electrons. The number of carbonyl (C=O) groups excluding carboxylic acids is 1. The summed E-state index contributed by atoms with van der Waals surface area (Å²) in [6.45, 7) is 0. The predicted octanol–water partition coefficient (Wildman–Crippen LogP) is 3.85. The van der Waals surface area contributed by atoms with Gasteiger partial charge in [0.15, 0.2) is 11.2 Å². The number of para-hydroxylation sites is 1. The summed E-state index contributed by atoms with van der Waals surface area (Å²) < 4.78 is 2.30. The van der Waals surface area contributed by atoms with E-state index in [4.69, 9.17) is 11.6 Å². The van der Waals surface area contributed by atoms with Crippen LogP contribution in [-0.4, -0.2) is 35.6 Å². The number of fused-ring (bicyclic) bond motifs is 1. The lowest BCUT2D eigenvalue weighted by Crippen LogP contribution is -2.33. The first-order chi connectivity index (χ1) is 16.1. The number of amides is 1. The van der Waals surface area contributed by atoms with E-state index in [0.29, 0.717) is 22.1 Å². The molecule has 0 spiro atoms. The van der Waals surface area contributed by atoms with E-state index >= 15 is 0 Å². The van der Waals surface area contributed by atoms with Gasteiger partial charge in [-0.25, -0.2) is 4.79 Å². The molecule has 0 aliphatic rings. The van der Waals surface area contributed by atoms with Crippen LogP contribution in [0, 0.1) is 0 Å². The van der Waals surface area contributed by atoms with E-state index < -0.39 is 11.6 Å². The van der Waals surface area contributed by atoms with Gasteiger partial charge in [-0.05, 0) is 42.5 Å². The molecule has 0 saturated carbocycles. The van der Waals surface area contributed by atoms with Crippen LogP contribution >= 0.6 is 11.6 Å². The standard InChI is InChI=1S/C22H15ClN8O2/c23-14-5-4-6-16(13-14)25-21-27-19-18(28-29-31(19)17-7-2-1-3-8-17)20(32)30(21)22(33)26-15-9-11-24-12-10-15/h1-13H,(H,25,27)(H,24,26,33). The lowest BCUT2D eigenvalue weighted by molar-refractivity contribution is 0.253. The second-order valence-corrected chi connectivity index (χ2v) is 7.32. The van der Waals surface area contributed by atoms with E-state index in [1.54, 1.807) is 36.4 Å². The summed E-state index contributed by atoms with van der Waals surface area (Å²) in [5.74, 6) is -0.0270. The molecule has 0 aliphatic carbocycles. The number of anilines is 3. The number of hydrogen-bond acceptors (Lipinski definition) is 7. The summed E-state index contributed by atoms with van der Waals surface area (Å²) in [6, 6.07) is 18.4. The van der Waals surface area contributed by atoms with Crippen molar-refractivity contribution in [2.45, 2.75) is 0 Å². The van der Waals surface area contributed by atoms with Crippen molar-refractivity contribution in [1.82, 2.24) is 29.5 Å². The average Bonchev–Trinajstić information content (AvgIpc) is 3.25. The highest BCUT2D eigenvalue weighted by Crippen LogP contribution is 2.21. The number of halogens is 1. The number of hydrogen-bond donors (Lipinski definition) is 2. The fraction of sp³-hybridized carbons (Fsp3) is 0. The highest BCUT2D eigenvalue weighted by molar-refractivity contribution is 6.30. The molecule has 1 amide bonds. The molecule has 0 saturated heterocycles. The van der Waals surface area contributed by atoms with Gasteiger partial charge in [-0.2, -0.15) is 14.2 Å². The Balaban J connectivity index is 1.68. The van der Waals surface area contributed by atoms with Gasteiger partial charge in [-0.3, -0.25) is 9.78 Å². The van der Waals surface area contributed by atoms with Gasteiger partial charge in [-0.15, -0.1) is 5.10 Å². The molecule has 0 aliphatic heterocycles. The lowest BCUT2D eigenvalue weighted by atomic mass is 10.3. The van der Waals surface area contributed by atoms with Crippen molar-refractivity contribution in [1.29, 1.82) is 0 Å². The Hall–Kier alpha value is -4.57. The van der Waals surface area contributed by atoms with Crippen LogP contribution < -0.4 is 16.2 Å². The van der Waals surface area contributed by atoms with Crippen LogP contribution in [0.5, 0.6) is 0 Å². The van der Waals surface area contributed by atoms with Crippen LogP contribution in [0.15, 0.2) is 83.9 Å². The zero-order valence-corrected chi connectivity index (χ0v) is 17.6. The molecule has 162 valence electrons. The second-order valence-electron chi connectivity index (χ2n) is 6.89. The molecule has 5 rings (SSSR count). The first kappa shape index (κ1) is 20.3. The molecule has 2 aromatic carbocycles. The third-order valence-electron chi connectivity index (χ3n) is 4.69. The van der Waals surface area contributed by atoms with Gasteiger partial charge in [0.25, 0.3) is 5.56 Å². The van der Waals surface area contributed by atoms with E-state index in [1.165, 1.54) is 17.1 Å². The minimum Gasteiger partial charge on any atom is -0.325 e. The van der Waals surface area contributed by atoms with E-state index in [1.807, 2.05) is 30.3 Å². The van der Waals surface area contributed by atoms with Crippen molar-refractivity contribution < 1.29 is 4.79 Å². The van der Waals surface area contributed by atoms with Crippen molar-refractivity contribution in [2.75, 3.05) is 10.6 Å². The molecule has 2 N–H and O–H groups in total. The second kappa shape index (κ2) is 8.52. The Morgan fingerprint density at radius 3 is 2.48 bits per heavy atom. The predicted molar refractivity (Wildman–Crippen MR) is 124 cm³/mol. The molecule has 0 atom stereocenters. The molecule has 3 aromatic heterocycles. The van der Waals surface area contributed by atoms with Crippen LogP contribution in [0.25, 0.3) is 16.9 Å². The first-order valence-corrected chi connectivity index (χ1v) is 10.2. The summed E-state index contributed by atoms with van der Waals surface area (Å²) in [4.78, 5) is 34.9. The lowest BCUT2D eigenvalue weighted by Gasteiger charge is -2.14. The Labute approximate surface area is 191 Å². The van der Waals surface area contributed by atoms with Crippen LogP contribution in [0.1, 0.15) is 0 Å². The van der Waals surface area contributed by atoms with Crippen LogP contribution in [0.4, 0.5) is 22.1 Å². The van der Waals surface area contributed by atoms with Crippen LogP contribution in [0.3, 0.4) is 0 Å². The summed E-state index contributed by atoms with van der Waals surface area (Å²) in [6.07, 6.45) is 3.05. The monoisotopic (exact) mass is 458 g/mol. The summed E-state index contributed by atoms with van der Waals surface area (Å²) in [5, 5.41) is 14.2. The first-order valence-electron chi connectivity index (χ1n) is 9.78. The molecule has 11 heteroatoms. The Morgan fingerprint density at radius 1 is 0.939 bits per heavy atom. The van der Waals surface area contributed by atoms with E-state index in [-0.39, 0.29) is 17.1 Å². The van der Waals surface area contributed by atoms with Crippen molar-refractivity contribution in [3.63, 3.8) is 0 Å². The smallest absolute Gasteiger partial charge is 0.325 e. The van der Waals surface area contributed by atoms with E-state index in [2.05, 4.69) is 30.9 Å². The fourth-order valence-corrected chi connectivity index (χ4v) is 3.38. The molecular formula is C22H15ClN8O2. The van der Waals surface area contributed by atoms with Crippen molar-refractivity contribution in [3.05, 3.63) is 94.5 Å². The van der Waals surface area contributed by atoms with Gasteiger partial charge in [0.05, 0.1) is 5.69 Å². The van der Waals surface area contributed by atoms with Crippen LogP contribution in [0.2, 0.25) is 5.02 Å². The quantitative estimate of drug-likeness (QED) is 0.419. The molecule has 33 heavy (non-hydrogen) atoms. The number of nitrogens with one attached hydrogen (secondary N) is 2. The molecule has 3 heterocycles. The normalized spacial score (nSPS) is 10.8. The minimum atomic E-state index is -0.723. The number of aromatic nitrogens is 6. The van der Waals surface area contributed by atoms with E-state index in [0.717, 1.165) is 4.57 Å². The summed E-state index contributed by atoms with van der Waals surface area (Å²) >= 11 is 6.10. The molecular weight excluding hydrogens is 444 g/mol. The third kappa shape index (κ3) is 4.02. The molecule has 0 bridgehead atoms. The molecule has 5 aromatic rings. The topological polar surface area (TPSA) is 120 Å². The van der Waals surface area contributed by atoms with Crippen molar-refractivity contribution in [2.24, 2.45) is 0 Å². The minimum absolute atomic E-state index is 0.0270. The van der Waals surface area contributed by atoms with Gasteiger partial charge in [-0.1, -0.05) is 41.1 Å². The Morgan fingerprint density at radius 2 is 1.73 bits per heavy atom. The van der Waals surface area contributed by atoms with Gasteiger partial charge >= 0.3 is 6.03 Å². The number of rotatable bonds is 4. The van der Waals surface area contributed by atoms with Gasteiger partial charge in [0.2, 0.25) is 5.95 Å². The largest absolute Gasteiger partial charge is 0.335 e. The van der Waals surface area contributed by atoms with Gasteiger partial charge < -0.3 is 10.6 Å². The SMILES string of the molecule is O=C(Nc1ccncc1)n1c(Nc2cccc(Cl)c2)nc2c(nnn2-c2ccccc2)c1=O. The Kier molecular flexibility index (Phi) is 5.25. The van der Waals surface area contributed by atoms with Crippen molar-refractivity contribution >= 4 is 46.1 Å². The third-order valence-corrected chi connectivity index (χ3v) is 4.93. The summed E-state index contributed by atoms with van der Waals surface area (Å²) in [7, 11) is 0. The maximum Gasteiger partial charge on any atom is 0.335 e. The molecule has 0 unspecified atom stereocenters. The van der Waals surface area contributed by atoms with Gasteiger partial charge in [0.1, 0.15) is 0 Å².